The van der Waals surface area contributed by atoms with Crippen molar-refractivity contribution in [2.45, 2.75) is 35.8 Å². The second-order valence-electron chi connectivity index (χ2n) is 7.54. The Balaban J connectivity index is 1.74. The van der Waals surface area contributed by atoms with Crippen molar-refractivity contribution in [3.63, 3.8) is 0 Å². The van der Waals surface area contributed by atoms with Crippen LogP contribution in [0.2, 0.25) is 0 Å². The number of likely N-dealkylation sites (tertiary alicyclic amines) is 1. The van der Waals surface area contributed by atoms with E-state index in [1.54, 1.807) is 11.8 Å². The van der Waals surface area contributed by atoms with E-state index >= 15 is 0 Å². The highest BCUT2D eigenvalue weighted by Gasteiger charge is 2.47. The lowest BCUT2D eigenvalue weighted by Crippen LogP contribution is -2.53. The molecule has 148 valence electrons. The lowest BCUT2D eigenvalue weighted by Gasteiger charge is -2.41. The first-order valence-corrected chi connectivity index (χ1v) is 12.0. The maximum absolute atomic E-state index is 13.9. The third-order valence-electron chi connectivity index (χ3n) is 5.49. The van der Waals surface area contributed by atoms with Gasteiger partial charge in [0.15, 0.2) is 5.78 Å². The van der Waals surface area contributed by atoms with Gasteiger partial charge in [0.05, 0.1) is 10.0 Å². The fourth-order valence-electron chi connectivity index (χ4n) is 3.92. The smallest absolute Gasteiger partial charge is 0.187 e. The van der Waals surface area contributed by atoms with Gasteiger partial charge in [-0.15, -0.1) is 11.8 Å². The summed E-state index contributed by atoms with van der Waals surface area (Å²) in [5.74, 6) is 0.836. The molecule has 1 atom stereocenters. The number of hydrogen-bond donors (Lipinski definition) is 0. The molecule has 0 saturated carbocycles. The van der Waals surface area contributed by atoms with Crippen molar-refractivity contribution in [3.8, 4) is 5.75 Å². The zero-order valence-corrected chi connectivity index (χ0v) is 19.8. The monoisotopic (exact) mass is 523 g/mol. The Morgan fingerprint density at radius 3 is 2.57 bits per heavy atom. The predicted molar refractivity (Wildman–Crippen MR) is 122 cm³/mol. The predicted octanol–water partition coefficient (Wildman–Crippen LogP) is 6.11. The fourth-order valence-corrected chi connectivity index (χ4v) is 6.47. The zero-order valence-electron chi connectivity index (χ0n) is 15.8. The van der Waals surface area contributed by atoms with Crippen LogP contribution in [0.4, 0.5) is 0 Å². The van der Waals surface area contributed by atoms with Crippen LogP contribution in [-0.4, -0.2) is 41.7 Å². The van der Waals surface area contributed by atoms with E-state index in [-0.39, 0.29) is 5.78 Å². The molecule has 0 bridgehead atoms. The summed E-state index contributed by atoms with van der Waals surface area (Å²) in [6, 6.07) is 12.1. The summed E-state index contributed by atoms with van der Waals surface area (Å²) >= 11 is 8.87. The summed E-state index contributed by atoms with van der Waals surface area (Å²) in [5, 5.41) is 0. The second-order valence-corrected chi connectivity index (χ2v) is 10.6. The van der Waals surface area contributed by atoms with Crippen LogP contribution in [0.5, 0.6) is 5.75 Å². The van der Waals surface area contributed by atoms with Gasteiger partial charge in [0.1, 0.15) is 17.1 Å². The molecule has 3 nitrogen and oxygen atoms in total. The van der Waals surface area contributed by atoms with Crippen LogP contribution in [0.25, 0.3) is 0 Å². The highest BCUT2D eigenvalue weighted by Crippen LogP contribution is 2.46. The summed E-state index contributed by atoms with van der Waals surface area (Å²) in [5.41, 5.74) is 1.71. The van der Waals surface area contributed by atoms with Gasteiger partial charge in [-0.1, -0.05) is 40.5 Å². The van der Waals surface area contributed by atoms with Crippen LogP contribution in [-0.2, 0) is 0 Å². The van der Waals surface area contributed by atoms with Crippen LogP contribution < -0.4 is 4.74 Å². The molecule has 1 fully saturated rings. The van der Waals surface area contributed by atoms with Gasteiger partial charge in [0.25, 0.3) is 0 Å². The van der Waals surface area contributed by atoms with Crippen molar-refractivity contribution in [3.05, 3.63) is 56.5 Å². The first-order valence-electron chi connectivity index (χ1n) is 9.63. The summed E-state index contributed by atoms with van der Waals surface area (Å²) in [6.07, 6.45) is 3.68. The van der Waals surface area contributed by atoms with E-state index < -0.39 is 4.75 Å². The number of thioether (sulfide) groups is 1. The molecule has 2 heterocycles. The molecule has 2 aliphatic rings. The van der Waals surface area contributed by atoms with Gasteiger partial charge in [-0.3, -0.25) is 4.79 Å². The van der Waals surface area contributed by atoms with Crippen molar-refractivity contribution >= 4 is 49.4 Å². The minimum atomic E-state index is -0.639. The number of fused-ring (bicyclic) bond motifs is 1. The SMILES string of the molecule is Cc1c(Br)cc2c(c1Br)OC[C@](CN1CCCCC1)(Sc1ccccc1)C2=O. The van der Waals surface area contributed by atoms with Gasteiger partial charge in [-0.25, -0.2) is 0 Å². The Kier molecular flexibility index (Phi) is 6.21. The molecule has 4 rings (SSSR count). The van der Waals surface area contributed by atoms with Gasteiger partial charge < -0.3 is 9.64 Å². The quantitative estimate of drug-likeness (QED) is 0.482. The molecule has 2 aromatic rings. The van der Waals surface area contributed by atoms with E-state index in [4.69, 9.17) is 4.74 Å². The van der Waals surface area contributed by atoms with Gasteiger partial charge >= 0.3 is 0 Å². The third-order valence-corrected chi connectivity index (χ3v) is 8.60. The van der Waals surface area contributed by atoms with Crippen molar-refractivity contribution < 1.29 is 9.53 Å². The zero-order chi connectivity index (χ0) is 19.7. The molecule has 0 amide bonds. The first-order chi connectivity index (χ1) is 13.5. The molecule has 0 radical (unpaired) electrons. The summed E-state index contributed by atoms with van der Waals surface area (Å²) < 4.78 is 7.40. The van der Waals surface area contributed by atoms with Crippen molar-refractivity contribution in [2.24, 2.45) is 0 Å². The number of nitrogens with zero attached hydrogens (tertiary/aromatic N) is 1. The fraction of sp³-hybridized carbons (Fsp3) is 0.409. The molecule has 0 aliphatic carbocycles. The molecule has 0 aromatic heterocycles. The summed E-state index contributed by atoms with van der Waals surface area (Å²) in [7, 11) is 0. The third kappa shape index (κ3) is 3.93. The van der Waals surface area contributed by atoms with Crippen molar-refractivity contribution in [1.82, 2.24) is 4.90 Å². The molecular formula is C22H23Br2NO2S. The van der Waals surface area contributed by atoms with Gasteiger partial charge in [-0.05, 0) is 72.5 Å². The van der Waals surface area contributed by atoms with Crippen LogP contribution in [0.3, 0.4) is 0 Å². The number of ketones is 1. The lowest BCUT2D eigenvalue weighted by atomic mass is 9.92. The molecule has 6 heteroatoms. The van der Waals surface area contributed by atoms with Crippen LogP contribution in [0.15, 0.2) is 50.2 Å². The average Bonchev–Trinajstić information content (AvgIpc) is 2.71. The minimum Gasteiger partial charge on any atom is -0.490 e. The normalized spacial score (nSPS) is 22.6. The molecule has 1 saturated heterocycles. The molecule has 0 unspecified atom stereocenters. The van der Waals surface area contributed by atoms with Crippen LogP contribution in [0.1, 0.15) is 35.2 Å². The number of ether oxygens (including phenoxy) is 1. The number of carbonyl (C=O) groups is 1. The largest absolute Gasteiger partial charge is 0.490 e. The van der Waals surface area contributed by atoms with E-state index in [1.807, 2.05) is 31.2 Å². The molecule has 2 aliphatic heterocycles. The van der Waals surface area contributed by atoms with Crippen molar-refractivity contribution in [2.75, 3.05) is 26.2 Å². The Morgan fingerprint density at radius 1 is 1.14 bits per heavy atom. The van der Waals surface area contributed by atoms with E-state index in [9.17, 15) is 4.79 Å². The Bertz CT molecular complexity index is 884. The van der Waals surface area contributed by atoms with Gasteiger partial charge in [0, 0.05) is 15.9 Å². The Labute approximate surface area is 187 Å². The van der Waals surface area contributed by atoms with E-state index in [2.05, 4.69) is 48.9 Å². The van der Waals surface area contributed by atoms with Gasteiger partial charge in [0.2, 0.25) is 0 Å². The Morgan fingerprint density at radius 2 is 1.86 bits per heavy atom. The number of hydrogen-bond acceptors (Lipinski definition) is 4. The maximum atomic E-state index is 13.9. The number of piperidine rings is 1. The number of rotatable bonds is 4. The molecule has 2 aromatic carbocycles. The first kappa shape index (κ1) is 20.5. The van der Waals surface area contributed by atoms with Crippen LogP contribution >= 0.6 is 43.6 Å². The maximum Gasteiger partial charge on any atom is 0.187 e. The Hall–Kier alpha value is -0.820. The summed E-state index contributed by atoms with van der Waals surface area (Å²) in [4.78, 5) is 17.4. The summed E-state index contributed by atoms with van der Waals surface area (Å²) in [6.45, 7) is 5.22. The van der Waals surface area contributed by atoms with E-state index in [0.29, 0.717) is 24.5 Å². The number of carbonyl (C=O) groups excluding carboxylic acids is 1. The molecule has 0 N–H and O–H groups in total. The molecule has 28 heavy (non-hydrogen) atoms. The van der Waals surface area contributed by atoms with Crippen molar-refractivity contribution in [1.29, 1.82) is 0 Å². The topological polar surface area (TPSA) is 29.5 Å². The van der Waals surface area contributed by atoms with E-state index in [0.717, 1.165) is 32.5 Å². The van der Waals surface area contributed by atoms with E-state index in [1.165, 1.54) is 19.3 Å². The minimum absolute atomic E-state index is 0.162. The number of benzene rings is 2. The number of Topliss-reactive ketones (excluding diaryl/α,β-unsaturated/α-hetero) is 1. The second kappa shape index (κ2) is 8.50. The van der Waals surface area contributed by atoms with Crippen LogP contribution in [0, 0.1) is 6.92 Å². The average molecular weight is 525 g/mol. The highest BCUT2D eigenvalue weighted by molar-refractivity contribution is 9.11. The highest BCUT2D eigenvalue weighted by atomic mass is 79.9. The van der Waals surface area contributed by atoms with Gasteiger partial charge in [-0.2, -0.15) is 0 Å². The lowest BCUT2D eigenvalue weighted by molar-refractivity contribution is 0.0805. The standard InChI is InChI=1S/C22H23Br2NO2S/c1-15-18(23)12-17-20(19(15)24)27-14-22(21(17)26,13-25-10-6-3-7-11-25)28-16-8-4-2-5-9-16/h2,4-5,8-9,12H,3,6-7,10-11,13-14H2,1H3/t22-/m0/s1. The molecular weight excluding hydrogens is 502 g/mol. The number of halogens is 2. The molecule has 0 spiro atoms.